The number of hydrogen-bond acceptors (Lipinski definition) is 10. The molecular weight excluding hydrogens is 712 g/mol. The summed E-state index contributed by atoms with van der Waals surface area (Å²) in [7, 11) is 0. The van der Waals surface area contributed by atoms with Crippen LogP contribution in [0.3, 0.4) is 0 Å². The highest BCUT2D eigenvalue weighted by molar-refractivity contribution is 5.70. The average Bonchev–Trinajstić information content (AvgIpc) is 3.19. The molecule has 0 bridgehead atoms. The monoisotopic (exact) mass is 793 g/mol. The van der Waals surface area contributed by atoms with Gasteiger partial charge in [0.25, 0.3) is 0 Å². The Balaban J connectivity index is 2.36. The molecule has 1 aliphatic rings. The predicted octanol–water partition coefficient (Wildman–Crippen LogP) is 9.28. The largest absolute Gasteiger partial charge is 0.462 e. The van der Waals surface area contributed by atoms with Crippen molar-refractivity contribution in [3.05, 3.63) is 48.6 Å². The third-order valence-corrected chi connectivity index (χ3v) is 9.98. The zero-order chi connectivity index (χ0) is 40.9. The topological polar surface area (TPSA) is 152 Å². The lowest BCUT2D eigenvalue weighted by Gasteiger charge is -2.39. The van der Waals surface area contributed by atoms with Gasteiger partial charge in [-0.25, -0.2) is 0 Å². The van der Waals surface area contributed by atoms with Gasteiger partial charge in [-0.15, -0.1) is 0 Å². The highest BCUT2D eigenvalue weighted by atomic mass is 16.7. The number of carbonyl (C=O) groups excluding carboxylic acids is 2. The molecule has 1 fully saturated rings. The number of aliphatic hydroxyl groups excluding tert-OH is 4. The van der Waals surface area contributed by atoms with Crippen molar-refractivity contribution in [2.75, 3.05) is 19.8 Å². The highest BCUT2D eigenvalue weighted by Gasteiger charge is 2.44. The molecule has 4 N–H and O–H groups in total. The van der Waals surface area contributed by atoms with Crippen LogP contribution in [0.2, 0.25) is 0 Å². The van der Waals surface area contributed by atoms with E-state index in [9.17, 15) is 30.0 Å². The molecule has 0 spiro atoms. The number of carbonyl (C=O) groups is 2. The van der Waals surface area contributed by atoms with Gasteiger partial charge in [-0.3, -0.25) is 9.59 Å². The summed E-state index contributed by atoms with van der Waals surface area (Å²) >= 11 is 0. The first kappa shape index (κ1) is 51.7. The van der Waals surface area contributed by atoms with Gasteiger partial charge in [-0.1, -0.05) is 159 Å². The molecule has 10 nitrogen and oxygen atoms in total. The predicted molar refractivity (Wildman–Crippen MR) is 224 cm³/mol. The molecule has 1 saturated heterocycles. The zero-order valence-corrected chi connectivity index (χ0v) is 35.1. The lowest BCUT2D eigenvalue weighted by atomic mass is 9.99. The van der Waals surface area contributed by atoms with Crippen molar-refractivity contribution in [2.24, 2.45) is 0 Å². The fourth-order valence-electron chi connectivity index (χ4n) is 6.47. The number of esters is 2. The van der Waals surface area contributed by atoms with E-state index in [1.54, 1.807) is 0 Å². The summed E-state index contributed by atoms with van der Waals surface area (Å²) in [6.07, 6.45) is 35.5. The van der Waals surface area contributed by atoms with Gasteiger partial charge in [0.05, 0.1) is 13.2 Å². The summed E-state index contributed by atoms with van der Waals surface area (Å²) in [5, 5.41) is 40.0. The summed E-state index contributed by atoms with van der Waals surface area (Å²) in [5.41, 5.74) is 0. The summed E-state index contributed by atoms with van der Waals surface area (Å²) in [4.78, 5) is 25.3. The fraction of sp³-hybridized carbons (Fsp3) is 0.783. The van der Waals surface area contributed by atoms with Crippen LogP contribution in [-0.2, 0) is 28.5 Å². The van der Waals surface area contributed by atoms with E-state index in [4.69, 9.17) is 18.9 Å². The third kappa shape index (κ3) is 28.1. The molecule has 0 aliphatic carbocycles. The van der Waals surface area contributed by atoms with Crippen LogP contribution in [-0.4, -0.2) is 89.0 Å². The lowest BCUT2D eigenvalue weighted by Crippen LogP contribution is -2.59. The van der Waals surface area contributed by atoms with Crippen LogP contribution in [0.1, 0.15) is 174 Å². The minimum Gasteiger partial charge on any atom is -0.462 e. The van der Waals surface area contributed by atoms with E-state index < -0.39 is 55.4 Å². The smallest absolute Gasteiger partial charge is 0.306 e. The molecule has 1 heterocycles. The Morgan fingerprint density at radius 2 is 1.05 bits per heavy atom. The molecule has 0 radical (unpaired) electrons. The Morgan fingerprint density at radius 1 is 0.571 bits per heavy atom. The standard InChI is InChI=1S/C46H80O10/c1-3-5-7-9-11-13-15-17-19-21-23-25-27-29-31-33-35-42(49)55-39(38-54-46-45(52)44(51)43(50)40(36-47)56-46)37-53-41(48)34-32-30-28-26-24-22-20-18-16-14-12-10-8-6-4-2/h6,8,12,14,18,20,24,26,39-40,43-47,50-52H,3-5,7,9-11,13,15-17,19,21-23,25,27-38H2,1-2H3/b8-6+,14-12+,20-18+,26-24+/t39-,40-,43+,44?,45?,46-/m1/s1. The molecule has 0 aromatic rings. The number of ether oxygens (including phenoxy) is 4. The van der Waals surface area contributed by atoms with Gasteiger partial charge in [-0.2, -0.15) is 0 Å². The van der Waals surface area contributed by atoms with E-state index in [1.165, 1.54) is 77.0 Å². The maximum absolute atomic E-state index is 12.8. The van der Waals surface area contributed by atoms with Crippen molar-refractivity contribution >= 4 is 11.9 Å². The molecule has 0 saturated carbocycles. The van der Waals surface area contributed by atoms with Crippen LogP contribution in [0, 0.1) is 0 Å². The minimum absolute atomic E-state index is 0.222. The van der Waals surface area contributed by atoms with Crippen molar-refractivity contribution in [3.8, 4) is 0 Å². The van der Waals surface area contributed by atoms with Crippen LogP contribution in [0.5, 0.6) is 0 Å². The number of aliphatic hydroxyl groups is 4. The van der Waals surface area contributed by atoms with Crippen molar-refractivity contribution < 1.29 is 49.0 Å². The van der Waals surface area contributed by atoms with Crippen molar-refractivity contribution in [2.45, 2.75) is 211 Å². The molecule has 0 amide bonds. The summed E-state index contributed by atoms with van der Waals surface area (Å²) in [6, 6.07) is 0. The molecule has 324 valence electrons. The summed E-state index contributed by atoms with van der Waals surface area (Å²) in [6.45, 7) is 3.27. The van der Waals surface area contributed by atoms with E-state index in [2.05, 4.69) is 62.5 Å². The maximum Gasteiger partial charge on any atom is 0.306 e. The van der Waals surface area contributed by atoms with Crippen molar-refractivity contribution in [1.29, 1.82) is 0 Å². The van der Waals surface area contributed by atoms with Gasteiger partial charge in [0.15, 0.2) is 12.4 Å². The zero-order valence-electron chi connectivity index (χ0n) is 35.1. The van der Waals surface area contributed by atoms with Crippen LogP contribution >= 0.6 is 0 Å². The first-order valence-electron chi connectivity index (χ1n) is 22.2. The van der Waals surface area contributed by atoms with Gasteiger partial charge in [0.1, 0.15) is 31.0 Å². The molecule has 10 heteroatoms. The van der Waals surface area contributed by atoms with Gasteiger partial charge in [0, 0.05) is 12.8 Å². The molecule has 2 unspecified atom stereocenters. The second kappa shape index (κ2) is 37.0. The fourth-order valence-corrected chi connectivity index (χ4v) is 6.47. The van der Waals surface area contributed by atoms with Gasteiger partial charge in [-0.05, 0) is 51.4 Å². The Hall–Kier alpha value is -2.34. The van der Waals surface area contributed by atoms with Crippen molar-refractivity contribution in [1.82, 2.24) is 0 Å². The second-order valence-corrected chi connectivity index (χ2v) is 15.1. The molecule has 0 aromatic heterocycles. The van der Waals surface area contributed by atoms with Crippen LogP contribution in [0.25, 0.3) is 0 Å². The number of allylic oxidation sites excluding steroid dienone is 8. The number of hydrogen-bond donors (Lipinski definition) is 4. The Bertz CT molecular complexity index is 1050. The van der Waals surface area contributed by atoms with E-state index >= 15 is 0 Å². The number of unbranched alkanes of at least 4 members (excludes halogenated alkanes) is 17. The lowest BCUT2D eigenvalue weighted by molar-refractivity contribution is -0.305. The Labute approximate surface area is 339 Å². The Kier molecular flexibility index (Phi) is 34.1. The molecule has 1 rings (SSSR count). The van der Waals surface area contributed by atoms with E-state index in [0.717, 1.165) is 57.8 Å². The van der Waals surface area contributed by atoms with Crippen LogP contribution < -0.4 is 0 Å². The van der Waals surface area contributed by atoms with E-state index in [1.807, 2.05) is 0 Å². The average molecular weight is 793 g/mol. The van der Waals surface area contributed by atoms with Crippen LogP contribution in [0.4, 0.5) is 0 Å². The quantitative estimate of drug-likeness (QED) is 0.0275. The van der Waals surface area contributed by atoms with E-state index in [-0.39, 0.29) is 26.1 Å². The molecule has 1 aliphatic heterocycles. The normalized spacial score (nSPS) is 20.9. The molecule has 56 heavy (non-hydrogen) atoms. The van der Waals surface area contributed by atoms with Gasteiger partial charge >= 0.3 is 11.9 Å². The summed E-state index contributed by atoms with van der Waals surface area (Å²) < 4.78 is 22.1. The first-order valence-corrected chi connectivity index (χ1v) is 22.2. The molecule has 0 aromatic carbocycles. The molecular formula is C46H80O10. The summed E-state index contributed by atoms with van der Waals surface area (Å²) in [5.74, 6) is -0.853. The first-order chi connectivity index (χ1) is 27.3. The third-order valence-electron chi connectivity index (χ3n) is 9.98. The van der Waals surface area contributed by atoms with Gasteiger partial charge < -0.3 is 39.4 Å². The Morgan fingerprint density at radius 3 is 1.59 bits per heavy atom. The SMILES string of the molecule is CC/C=C/C/C=C/C/C=C/C/C=C/CCCCC(=O)OC[C@H](CO[C@@H]1O[C@H](CO)[C@H](O)C(O)C1O)OC(=O)CCCCCCCCCCCCCCCCCC. The van der Waals surface area contributed by atoms with E-state index in [0.29, 0.717) is 12.8 Å². The second-order valence-electron chi connectivity index (χ2n) is 15.1. The highest BCUT2D eigenvalue weighted by Crippen LogP contribution is 2.22. The van der Waals surface area contributed by atoms with Crippen molar-refractivity contribution in [3.63, 3.8) is 0 Å². The minimum atomic E-state index is -1.60. The molecule has 6 atom stereocenters. The maximum atomic E-state index is 12.8. The van der Waals surface area contributed by atoms with Crippen LogP contribution in [0.15, 0.2) is 48.6 Å². The number of rotatable bonds is 36. The van der Waals surface area contributed by atoms with Gasteiger partial charge in [0.2, 0.25) is 0 Å².